The summed E-state index contributed by atoms with van der Waals surface area (Å²) in [6.07, 6.45) is 2.01. The Morgan fingerprint density at radius 1 is 1.27 bits per heavy atom. The third kappa shape index (κ3) is 4.13. The van der Waals surface area contributed by atoms with Crippen molar-refractivity contribution in [2.75, 3.05) is 11.9 Å². The summed E-state index contributed by atoms with van der Waals surface area (Å²) in [6, 6.07) is 14.2. The Morgan fingerprint density at radius 3 is 2.53 bits per heavy atom. The van der Waals surface area contributed by atoms with Crippen molar-refractivity contribution in [3.63, 3.8) is 0 Å². The smallest absolute Gasteiger partial charge is 0.334 e. The number of nitriles is 1. The number of H-pyrrole nitrogens is 1. The number of carboxylic acids is 1. The molecule has 7 nitrogen and oxygen atoms in total. The molecule has 0 fully saturated rings. The molecule has 154 valence electrons. The van der Waals surface area contributed by atoms with Gasteiger partial charge in [0.1, 0.15) is 11.6 Å². The largest absolute Gasteiger partial charge is 0.494 e. The first-order valence-corrected chi connectivity index (χ1v) is 9.74. The second-order valence-electron chi connectivity index (χ2n) is 6.94. The summed E-state index contributed by atoms with van der Waals surface area (Å²) in [7, 11) is 0. The molecule has 30 heavy (non-hydrogen) atoms. The van der Waals surface area contributed by atoms with Gasteiger partial charge in [0.25, 0.3) is 0 Å². The van der Waals surface area contributed by atoms with Gasteiger partial charge in [-0.2, -0.15) is 5.26 Å². The number of benzene rings is 2. The van der Waals surface area contributed by atoms with E-state index in [9.17, 15) is 9.90 Å². The summed E-state index contributed by atoms with van der Waals surface area (Å²) in [5.41, 5.74) is 1.87. The van der Waals surface area contributed by atoms with E-state index >= 15 is 0 Å². The van der Waals surface area contributed by atoms with Crippen molar-refractivity contribution in [2.24, 2.45) is 0 Å². The first kappa shape index (κ1) is 20.9. The maximum absolute atomic E-state index is 12.5. The average molecular weight is 404 g/mol. The second kappa shape index (κ2) is 8.70. The lowest BCUT2D eigenvalue weighted by atomic mass is 9.85. The van der Waals surface area contributed by atoms with E-state index in [4.69, 9.17) is 10.00 Å². The highest BCUT2D eigenvalue weighted by Gasteiger charge is 2.39. The number of hydrogen-bond acceptors (Lipinski definition) is 5. The number of anilines is 1. The quantitative estimate of drug-likeness (QED) is 0.511. The first-order valence-electron chi connectivity index (χ1n) is 9.74. The molecule has 3 rings (SSSR count). The average Bonchev–Trinajstić information content (AvgIpc) is 3.18. The van der Waals surface area contributed by atoms with Crippen LogP contribution in [0.15, 0.2) is 48.7 Å². The number of carboxylic acid groups (broad SMARTS) is 1. The highest BCUT2D eigenvalue weighted by atomic mass is 16.5. The Kier molecular flexibility index (Phi) is 6.07. The van der Waals surface area contributed by atoms with Crippen LogP contribution >= 0.6 is 0 Å². The molecule has 7 heteroatoms. The number of rotatable bonds is 8. The third-order valence-electron chi connectivity index (χ3n) is 4.99. The lowest BCUT2D eigenvalue weighted by Crippen LogP contribution is -2.43. The number of hydrogen-bond donors (Lipinski definition) is 3. The summed E-state index contributed by atoms with van der Waals surface area (Å²) in [5, 5.41) is 22.4. The van der Waals surface area contributed by atoms with E-state index in [0.717, 1.165) is 17.1 Å². The zero-order chi connectivity index (χ0) is 21.7. The number of ether oxygens (including phenoxy) is 1. The van der Waals surface area contributed by atoms with Crippen LogP contribution in [0.3, 0.4) is 0 Å². The zero-order valence-electron chi connectivity index (χ0n) is 17.2. The van der Waals surface area contributed by atoms with Crippen molar-refractivity contribution < 1.29 is 14.6 Å². The van der Waals surface area contributed by atoms with Gasteiger partial charge in [0.15, 0.2) is 5.54 Å². The van der Waals surface area contributed by atoms with E-state index in [0.29, 0.717) is 35.6 Å². The van der Waals surface area contributed by atoms with E-state index in [2.05, 4.69) is 21.4 Å². The monoisotopic (exact) mass is 404 g/mol. The number of imidazole rings is 1. The van der Waals surface area contributed by atoms with Crippen LogP contribution in [-0.2, 0) is 10.3 Å². The summed E-state index contributed by atoms with van der Waals surface area (Å²) in [6.45, 7) is 6.01. The fourth-order valence-electron chi connectivity index (χ4n) is 3.39. The Balaban J connectivity index is 2.13. The third-order valence-corrected chi connectivity index (χ3v) is 4.99. The molecule has 0 spiro atoms. The van der Waals surface area contributed by atoms with Gasteiger partial charge in [-0.3, -0.25) is 0 Å². The van der Waals surface area contributed by atoms with Crippen LogP contribution in [0, 0.1) is 18.3 Å². The number of nitrogens with zero attached hydrogens (tertiary/aromatic N) is 2. The fraction of sp³-hybridized carbons (Fsp3) is 0.261. The van der Waals surface area contributed by atoms with Crippen LogP contribution < -0.4 is 10.1 Å². The molecule has 0 saturated heterocycles. The van der Waals surface area contributed by atoms with Gasteiger partial charge >= 0.3 is 5.97 Å². The highest BCUT2D eigenvalue weighted by Crippen LogP contribution is 2.36. The molecule has 0 radical (unpaired) electrons. The minimum absolute atomic E-state index is 0.291. The fourth-order valence-corrected chi connectivity index (χ4v) is 3.39. The lowest BCUT2D eigenvalue weighted by molar-refractivity contribution is -0.142. The van der Waals surface area contributed by atoms with Gasteiger partial charge in [0.2, 0.25) is 0 Å². The molecular formula is C23H24N4O3. The number of aryl methyl sites for hydroxylation is 1. The number of aromatic nitrogens is 2. The van der Waals surface area contributed by atoms with Crippen molar-refractivity contribution in [1.82, 2.24) is 9.97 Å². The van der Waals surface area contributed by atoms with Crippen LogP contribution in [0.1, 0.15) is 37.2 Å². The Morgan fingerprint density at radius 2 is 2.00 bits per heavy atom. The maximum atomic E-state index is 12.5. The predicted octanol–water partition coefficient (Wildman–Crippen LogP) is 4.46. The van der Waals surface area contributed by atoms with Crippen LogP contribution in [0.25, 0.3) is 11.3 Å². The number of carbonyl (C=O) groups is 1. The Hall–Kier alpha value is -3.79. The normalized spacial score (nSPS) is 12.6. The molecule has 1 unspecified atom stereocenters. The van der Waals surface area contributed by atoms with Crippen molar-refractivity contribution in [2.45, 2.75) is 32.7 Å². The van der Waals surface area contributed by atoms with Crippen molar-refractivity contribution in [3.8, 4) is 23.1 Å². The second-order valence-corrected chi connectivity index (χ2v) is 6.94. The minimum atomic E-state index is -1.38. The SMILES string of the molecule is CCOc1cc(-c2cnc(C)[nH]2)cc(C(CC)(Nc2ccc(C#N)cc2)C(=O)O)c1. The molecule has 1 atom stereocenters. The number of aromatic amines is 1. The highest BCUT2D eigenvalue weighted by molar-refractivity contribution is 5.85. The van der Waals surface area contributed by atoms with Gasteiger partial charge in [0.05, 0.1) is 30.1 Å². The molecule has 2 aromatic carbocycles. The zero-order valence-corrected chi connectivity index (χ0v) is 17.2. The van der Waals surface area contributed by atoms with Gasteiger partial charge in [0, 0.05) is 11.3 Å². The van der Waals surface area contributed by atoms with Gasteiger partial charge < -0.3 is 20.1 Å². The van der Waals surface area contributed by atoms with Gasteiger partial charge in [-0.1, -0.05) is 6.92 Å². The summed E-state index contributed by atoms with van der Waals surface area (Å²) < 4.78 is 5.72. The van der Waals surface area contributed by atoms with Crippen molar-refractivity contribution >= 4 is 11.7 Å². The number of aliphatic carboxylic acids is 1. The van der Waals surface area contributed by atoms with E-state index in [1.54, 1.807) is 36.5 Å². The molecule has 0 aliphatic rings. The van der Waals surface area contributed by atoms with E-state index < -0.39 is 11.5 Å². The standard InChI is InChI=1S/C23H24N4O3/c1-4-23(22(28)29,27-19-8-6-16(13-24)7-9-19)18-10-17(11-20(12-18)30-5-2)21-14-25-15(3)26-21/h6-12,14,27H,4-5H2,1-3H3,(H,25,26)(H,28,29). The molecule has 0 saturated carbocycles. The summed E-state index contributed by atoms with van der Waals surface area (Å²) in [4.78, 5) is 20.0. The van der Waals surface area contributed by atoms with E-state index in [1.807, 2.05) is 32.9 Å². The molecule has 3 aromatic rings. The van der Waals surface area contributed by atoms with Gasteiger partial charge in [-0.15, -0.1) is 0 Å². The molecule has 3 N–H and O–H groups in total. The molecular weight excluding hydrogens is 380 g/mol. The predicted molar refractivity (Wildman–Crippen MR) is 114 cm³/mol. The minimum Gasteiger partial charge on any atom is -0.494 e. The lowest BCUT2D eigenvalue weighted by Gasteiger charge is -2.32. The Bertz CT molecular complexity index is 1080. The molecule has 0 amide bonds. The van der Waals surface area contributed by atoms with Crippen molar-refractivity contribution in [3.05, 3.63) is 65.6 Å². The first-order chi connectivity index (χ1) is 14.4. The number of nitrogens with one attached hydrogen (secondary N) is 2. The molecule has 1 aromatic heterocycles. The van der Waals surface area contributed by atoms with E-state index in [-0.39, 0.29) is 0 Å². The molecule has 1 heterocycles. The van der Waals surface area contributed by atoms with Crippen molar-refractivity contribution in [1.29, 1.82) is 5.26 Å². The van der Waals surface area contributed by atoms with Gasteiger partial charge in [-0.05, 0) is 68.3 Å². The molecule has 0 aliphatic heterocycles. The van der Waals surface area contributed by atoms with Crippen LogP contribution in [0.2, 0.25) is 0 Å². The molecule has 0 bridgehead atoms. The summed E-state index contributed by atoms with van der Waals surface area (Å²) in [5.74, 6) is 0.344. The van der Waals surface area contributed by atoms with Crippen LogP contribution in [-0.4, -0.2) is 27.7 Å². The van der Waals surface area contributed by atoms with Crippen LogP contribution in [0.5, 0.6) is 5.75 Å². The van der Waals surface area contributed by atoms with Gasteiger partial charge in [-0.25, -0.2) is 9.78 Å². The molecule has 0 aliphatic carbocycles. The maximum Gasteiger partial charge on any atom is 0.334 e. The summed E-state index contributed by atoms with van der Waals surface area (Å²) >= 11 is 0. The Labute approximate surface area is 175 Å². The van der Waals surface area contributed by atoms with E-state index in [1.165, 1.54) is 0 Å². The topological polar surface area (TPSA) is 111 Å². The van der Waals surface area contributed by atoms with Crippen LogP contribution in [0.4, 0.5) is 5.69 Å².